The molecule has 2 N–H and O–H groups in total. The van der Waals surface area contributed by atoms with Crippen LogP contribution in [-0.4, -0.2) is 39.9 Å². The first-order chi connectivity index (χ1) is 18.5. The number of carboxylic acid groups (broad SMARTS) is 1. The topological polar surface area (TPSA) is 93.5 Å². The van der Waals surface area contributed by atoms with Crippen molar-refractivity contribution in [2.24, 2.45) is 5.92 Å². The van der Waals surface area contributed by atoms with Gasteiger partial charge in [0, 0.05) is 11.4 Å². The molecule has 1 atom stereocenters. The van der Waals surface area contributed by atoms with Gasteiger partial charge in [-0.05, 0) is 67.0 Å². The van der Waals surface area contributed by atoms with E-state index in [1.807, 2.05) is 47.3 Å². The predicted octanol–water partition coefficient (Wildman–Crippen LogP) is 6.08. The second kappa shape index (κ2) is 11.1. The number of rotatable bonds is 8. The van der Waals surface area contributed by atoms with Crippen molar-refractivity contribution in [3.8, 4) is 16.9 Å². The molecule has 1 saturated carbocycles. The molecule has 0 bridgehead atoms. The highest BCUT2D eigenvalue weighted by Gasteiger charge is 2.28. The second-order valence-electron chi connectivity index (χ2n) is 9.97. The molecule has 0 unspecified atom stereocenters. The van der Waals surface area contributed by atoms with E-state index in [0.717, 1.165) is 39.8 Å². The number of carbonyl (C=O) groups excluding carboxylic acids is 1. The van der Waals surface area contributed by atoms with E-state index in [1.165, 1.54) is 0 Å². The van der Waals surface area contributed by atoms with Gasteiger partial charge in [-0.3, -0.25) is 14.3 Å². The molecule has 7 heteroatoms. The second-order valence-corrected chi connectivity index (χ2v) is 9.97. The molecule has 3 aromatic carbocycles. The largest absolute Gasteiger partial charge is 0.497 e. The molecule has 1 heterocycles. The number of nitrogens with zero attached hydrogens (tertiary/aromatic N) is 2. The Morgan fingerprint density at radius 3 is 2.45 bits per heavy atom. The van der Waals surface area contributed by atoms with Crippen molar-refractivity contribution in [1.82, 2.24) is 15.1 Å². The Kier molecular flexibility index (Phi) is 7.45. The Morgan fingerprint density at radius 2 is 1.76 bits per heavy atom. The third-order valence-electron chi connectivity index (χ3n) is 7.65. The number of aromatic nitrogens is 2. The number of hydrogen-bond donors (Lipinski definition) is 2. The number of benzene rings is 3. The third kappa shape index (κ3) is 5.14. The maximum Gasteiger partial charge on any atom is 0.306 e. The first kappa shape index (κ1) is 25.5. The van der Waals surface area contributed by atoms with E-state index in [9.17, 15) is 14.7 Å². The molecule has 0 saturated heterocycles. The molecule has 38 heavy (non-hydrogen) atoms. The minimum absolute atomic E-state index is 0.0177. The highest BCUT2D eigenvalue weighted by molar-refractivity contribution is 6.05. The Balaban J connectivity index is 1.40. The normalized spacial score (nSPS) is 18.2. The summed E-state index contributed by atoms with van der Waals surface area (Å²) in [7, 11) is 1.67. The van der Waals surface area contributed by atoms with Gasteiger partial charge in [0.15, 0.2) is 0 Å². The van der Waals surface area contributed by atoms with Crippen molar-refractivity contribution in [2.75, 3.05) is 7.11 Å². The van der Waals surface area contributed by atoms with Crippen LogP contribution in [0.15, 0.2) is 72.9 Å². The third-order valence-corrected chi connectivity index (χ3v) is 7.65. The maximum atomic E-state index is 13.4. The van der Waals surface area contributed by atoms with Crippen molar-refractivity contribution in [2.45, 2.75) is 51.1 Å². The Labute approximate surface area is 222 Å². The van der Waals surface area contributed by atoms with Gasteiger partial charge in [0.25, 0.3) is 5.91 Å². The fraction of sp³-hybridized carbons (Fsp3) is 0.323. The molecule has 1 aliphatic rings. The summed E-state index contributed by atoms with van der Waals surface area (Å²) >= 11 is 0. The number of aliphatic carboxylic acids is 1. The molecule has 1 aliphatic carbocycles. The lowest BCUT2D eigenvalue weighted by atomic mass is 9.86. The van der Waals surface area contributed by atoms with E-state index < -0.39 is 5.97 Å². The van der Waals surface area contributed by atoms with Crippen LogP contribution in [0.4, 0.5) is 0 Å². The zero-order valence-corrected chi connectivity index (χ0v) is 21.8. The number of hydrogen-bond acceptors (Lipinski definition) is 4. The summed E-state index contributed by atoms with van der Waals surface area (Å²) < 4.78 is 7.33. The number of nitrogens with one attached hydrogen (secondary N) is 1. The van der Waals surface area contributed by atoms with Crippen LogP contribution >= 0.6 is 0 Å². The smallest absolute Gasteiger partial charge is 0.306 e. The average Bonchev–Trinajstić information content (AvgIpc) is 3.38. The number of ether oxygens (including phenoxy) is 1. The summed E-state index contributed by atoms with van der Waals surface area (Å²) in [6.45, 7) is 2.12. The van der Waals surface area contributed by atoms with Crippen LogP contribution in [0.3, 0.4) is 0 Å². The fourth-order valence-electron chi connectivity index (χ4n) is 5.52. The van der Waals surface area contributed by atoms with Gasteiger partial charge in [0.1, 0.15) is 5.75 Å². The number of carboxylic acids is 1. The first-order valence-corrected chi connectivity index (χ1v) is 13.2. The number of fused-ring (bicyclic) bond motifs is 1. The molecular weight excluding hydrogens is 478 g/mol. The summed E-state index contributed by atoms with van der Waals surface area (Å²) in [5.41, 5.74) is 4.71. The summed E-state index contributed by atoms with van der Waals surface area (Å²) in [5, 5.41) is 18.1. The SMILES string of the molecule is CC[C@@H](c1ccc(-c2cccc(OC)c2)cc1)n1ncc2cccc(C(=O)NC3CCC(C(=O)O)CC3)c21. The van der Waals surface area contributed by atoms with Crippen LogP contribution in [0.2, 0.25) is 0 Å². The standard InChI is InChI=1S/C31H33N3O4/c1-3-28(21-12-10-20(11-13-21)23-6-4-8-26(18-23)38-2)34-29-24(19-32-34)7-5-9-27(29)30(35)33-25-16-14-22(15-17-25)31(36)37/h4-13,18-19,22,25,28H,3,14-17H2,1-2H3,(H,33,35)(H,36,37)/t22?,25?,28-/m0/s1. The van der Waals surface area contributed by atoms with Crippen molar-refractivity contribution >= 4 is 22.8 Å². The van der Waals surface area contributed by atoms with Crippen LogP contribution < -0.4 is 10.1 Å². The van der Waals surface area contributed by atoms with E-state index >= 15 is 0 Å². The number of methoxy groups -OCH3 is 1. The fourth-order valence-corrected chi connectivity index (χ4v) is 5.52. The molecule has 1 aromatic heterocycles. The lowest BCUT2D eigenvalue weighted by molar-refractivity contribution is -0.142. The summed E-state index contributed by atoms with van der Waals surface area (Å²) in [6.07, 6.45) is 5.16. The van der Waals surface area contributed by atoms with E-state index in [0.29, 0.717) is 31.2 Å². The molecule has 5 rings (SSSR count). The van der Waals surface area contributed by atoms with Crippen LogP contribution in [0.5, 0.6) is 5.75 Å². The lowest BCUT2D eigenvalue weighted by Crippen LogP contribution is -2.39. The molecule has 0 spiro atoms. The molecular formula is C31H33N3O4. The van der Waals surface area contributed by atoms with E-state index in [-0.39, 0.29) is 23.9 Å². The highest BCUT2D eigenvalue weighted by Crippen LogP contribution is 2.31. The maximum absolute atomic E-state index is 13.4. The van der Waals surface area contributed by atoms with Gasteiger partial charge in [-0.1, -0.05) is 55.5 Å². The summed E-state index contributed by atoms with van der Waals surface area (Å²) in [6, 6.07) is 22.1. The van der Waals surface area contributed by atoms with Crippen molar-refractivity contribution in [3.63, 3.8) is 0 Å². The molecule has 1 fully saturated rings. The van der Waals surface area contributed by atoms with Crippen LogP contribution in [0.1, 0.15) is 61.0 Å². The average molecular weight is 512 g/mol. The Hall–Kier alpha value is -4.13. The molecule has 196 valence electrons. The molecule has 0 radical (unpaired) electrons. The van der Waals surface area contributed by atoms with Gasteiger partial charge in [-0.25, -0.2) is 0 Å². The van der Waals surface area contributed by atoms with Gasteiger partial charge in [-0.2, -0.15) is 5.10 Å². The summed E-state index contributed by atoms with van der Waals surface area (Å²) in [4.78, 5) is 24.7. The number of amides is 1. The van der Waals surface area contributed by atoms with E-state index in [2.05, 4.69) is 42.6 Å². The van der Waals surface area contributed by atoms with E-state index in [4.69, 9.17) is 9.84 Å². The molecule has 1 amide bonds. The monoisotopic (exact) mass is 511 g/mol. The predicted molar refractivity (Wildman–Crippen MR) is 147 cm³/mol. The molecule has 4 aromatic rings. The number of para-hydroxylation sites is 1. The van der Waals surface area contributed by atoms with Gasteiger partial charge in [-0.15, -0.1) is 0 Å². The van der Waals surface area contributed by atoms with Crippen LogP contribution in [-0.2, 0) is 4.79 Å². The Bertz CT molecular complexity index is 1440. The zero-order valence-electron chi connectivity index (χ0n) is 21.8. The van der Waals surface area contributed by atoms with Crippen molar-refractivity contribution in [3.05, 3.63) is 84.1 Å². The number of carbonyl (C=O) groups is 2. The first-order valence-electron chi connectivity index (χ1n) is 13.2. The van der Waals surface area contributed by atoms with Gasteiger partial charge < -0.3 is 15.2 Å². The van der Waals surface area contributed by atoms with Crippen molar-refractivity contribution < 1.29 is 19.4 Å². The molecule has 0 aliphatic heterocycles. The lowest BCUT2D eigenvalue weighted by Gasteiger charge is -2.27. The minimum Gasteiger partial charge on any atom is -0.497 e. The van der Waals surface area contributed by atoms with Gasteiger partial charge in [0.2, 0.25) is 0 Å². The van der Waals surface area contributed by atoms with Gasteiger partial charge in [0.05, 0.1) is 36.3 Å². The Morgan fingerprint density at radius 1 is 1.03 bits per heavy atom. The summed E-state index contributed by atoms with van der Waals surface area (Å²) in [5.74, 6) is -0.375. The zero-order chi connectivity index (χ0) is 26.6. The molecule has 7 nitrogen and oxygen atoms in total. The van der Waals surface area contributed by atoms with Crippen LogP contribution in [0.25, 0.3) is 22.0 Å². The van der Waals surface area contributed by atoms with Crippen molar-refractivity contribution in [1.29, 1.82) is 0 Å². The van der Waals surface area contributed by atoms with Gasteiger partial charge >= 0.3 is 5.97 Å². The van der Waals surface area contributed by atoms with E-state index in [1.54, 1.807) is 7.11 Å². The quantitative estimate of drug-likeness (QED) is 0.299. The minimum atomic E-state index is -0.745. The highest BCUT2D eigenvalue weighted by atomic mass is 16.5. The van der Waals surface area contributed by atoms with Crippen LogP contribution in [0, 0.1) is 5.92 Å².